The van der Waals surface area contributed by atoms with Gasteiger partial charge >= 0.3 is 5.97 Å². The molecule has 2 aliphatic rings. The summed E-state index contributed by atoms with van der Waals surface area (Å²) in [6.45, 7) is 6.50. The van der Waals surface area contributed by atoms with Gasteiger partial charge < -0.3 is 19.9 Å². The number of benzene rings is 1. The van der Waals surface area contributed by atoms with E-state index in [-0.39, 0.29) is 11.5 Å². The molecule has 1 aliphatic heterocycles. The van der Waals surface area contributed by atoms with Gasteiger partial charge in [0, 0.05) is 29.3 Å². The Hall–Kier alpha value is -2.28. The maximum absolute atomic E-state index is 13.2. The van der Waals surface area contributed by atoms with Gasteiger partial charge in [-0.3, -0.25) is 4.79 Å². The minimum absolute atomic E-state index is 0.00639. The lowest BCUT2D eigenvalue weighted by atomic mass is 9.75. The van der Waals surface area contributed by atoms with Gasteiger partial charge in [-0.1, -0.05) is 19.8 Å². The van der Waals surface area contributed by atoms with Crippen LogP contribution in [0.25, 0.3) is 0 Å². The summed E-state index contributed by atoms with van der Waals surface area (Å²) in [6.07, 6.45) is 4.82. The summed E-state index contributed by atoms with van der Waals surface area (Å²) >= 11 is 3.39. The molecule has 0 aromatic heterocycles. The lowest BCUT2D eigenvalue weighted by Gasteiger charge is -2.34. The van der Waals surface area contributed by atoms with Crippen LogP contribution in [0.1, 0.15) is 70.8 Å². The highest BCUT2D eigenvalue weighted by Gasteiger charge is 2.39. The summed E-state index contributed by atoms with van der Waals surface area (Å²) in [4.78, 5) is 26.1. The SMILES string of the molecule is CCCCCOC(=O)C1=C(C)NC2=C(C(=O)CCC2)[C@@H]1c1cc(Br)c(O)c(OCC)c1. The lowest BCUT2D eigenvalue weighted by Crippen LogP contribution is -2.34. The number of hydrogen-bond donors (Lipinski definition) is 2. The van der Waals surface area contributed by atoms with Crippen LogP contribution in [0.5, 0.6) is 11.5 Å². The molecule has 3 rings (SSSR count). The molecule has 7 heteroatoms. The van der Waals surface area contributed by atoms with Crippen LogP contribution in [0, 0.1) is 0 Å². The second-order valence-corrected chi connectivity index (χ2v) is 8.75. The number of rotatable bonds is 8. The van der Waals surface area contributed by atoms with E-state index < -0.39 is 11.9 Å². The number of unbranched alkanes of at least 4 members (excludes halogenated alkanes) is 2. The summed E-state index contributed by atoms with van der Waals surface area (Å²) in [5.41, 5.74) is 3.31. The van der Waals surface area contributed by atoms with Crippen molar-refractivity contribution in [1.29, 1.82) is 0 Å². The monoisotopic (exact) mass is 491 g/mol. The first-order valence-electron chi connectivity index (χ1n) is 10.9. The highest BCUT2D eigenvalue weighted by Crippen LogP contribution is 2.46. The van der Waals surface area contributed by atoms with E-state index in [0.29, 0.717) is 52.3 Å². The van der Waals surface area contributed by atoms with Crippen LogP contribution >= 0.6 is 15.9 Å². The number of hydrogen-bond acceptors (Lipinski definition) is 6. The van der Waals surface area contributed by atoms with E-state index in [2.05, 4.69) is 28.2 Å². The van der Waals surface area contributed by atoms with Gasteiger partial charge in [-0.15, -0.1) is 0 Å². The van der Waals surface area contributed by atoms with Gasteiger partial charge in [0.1, 0.15) is 0 Å². The Kier molecular flexibility index (Phi) is 7.81. The number of dihydropyridines is 1. The van der Waals surface area contributed by atoms with E-state index in [1.54, 1.807) is 12.1 Å². The third-order valence-electron chi connectivity index (χ3n) is 5.66. The molecule has 1 aromatic rings. The molecule has 2 N–H and O–H groups in total. The summed E-state index contributed by atoms with van der Waals surface area (Å²) in [6, 6.07) is 3.46. The zero-order chi connectivity index (χ0) is 22.5. The first-order chi connectivity index (χ1) is 14.9. The number of phenolic OH excluding ortho intramolecular Hbond substituents is 1. The van der Waals surface area contributed by atoms with Crippen LogP contribution in [-0.2, 0) is 14.3 Å². The van der Waals surface area contributed by atoms with Crippen molar-refractivity contribution >= 4 is 27.7 Å². The average molecular weight is 492 g/mol. The van der Waals surface area contributed by atoms with E-state index >= 15 is 0 Å². The molecule has 0 unspecified atom stereocenters. The molecular formula is C24H30BrNO5. The lowest BCUT2D eigenvalue weighted by molar-refractivity contribution is -0.139. The molecule has 31 heavy (non-hydrogen) atoms. The second kappa shape index (κ2) is 10.4. The molecular weight excluding hydrogens is 462 g/mol. The molecule has 1 heterocycles. The van der Waals surface area contributed by atoms with Crippen LogP contribution in [0.2, 0.25) is 0 Å². The summed E-state index contributed by atoms with van der Waals surface area (Å²) < 4.78 is 11.6. The number of phenols is 1. The number of ketones is 1. The molecule has 0 saturated carbocycles. The maximum Gasteiger partial charge on any atom is 0.336 e. The van der Waals surface area contributed by atoms with Crippen molar-refractivity contribution in [2.75, 3.05) is 13.2 Å². The van der Waals surface area contributed by atoms with Crippen LogP contribution in [0.4, 0.5) is 0 Å². The van der Waals surface area contributed by atoms with Gasteiger partial charge in [0.2, 0.25) is 0 Å². The van der Waals surface area contributed by atoms with Gasteiger partial charge in [0.05, 0.1) is 23.3 Å². The predicted octanol–water partition coefficient (Wildman–Crippen LogP) is 5.25. The Morgan fingerprint density at radius 2 is 2.03 bits per heavy atom. The fraction of sp³-hybridized carbons (Fsp3) is 0.500. The smallest absolute Gasteiger partial charge is 0.336 e. The largest absolute Gasteiger partial charge is 0.503 e. The number of Topliss-reactive ketones (excluding diaryl/α,β-unsaturated/α-hetero) is 1. The Labute approximate surface area is 191 Å². The zero-order valence-corrected chi connectivity index (χ0v) is 19.9. The van der Waals surface area contributed by atoms with E-state index in [0.717, 1.165) is 37.8 Å². The van der Waals surface area contributed by atoms with Crippen LogP contribution < -0.4 is 10.1 Å². The fourth-order valence-corrected chi connectivity index (χ4v) is 4.67. The standard InChI is InChI=1S/C24H30BrNO5/c1-4-6-7-11-31-24(29)20-14(3)26-17-9-8-10-18(27)22(17)21(20)15-12-16(25)23(28)19(13-15)30-5-2/h12-13,21,26,28H,4-11H2,1-3H3/t21-/m1/s1. The van der Waals surface area contributed by atoms with Gasteiger partial charge in [0.25, 0.3) is 0 Å². The van der Waals surface area contributed by atoms with Crippen LogP contribution in [0.3, 0.4) is 0 Å². The molecule has 1 atom stereocenters. The molecule has 6 nitrogen and oxygen atoms in total. The zero-order valence-electron chi connectivity index (χ0n) is 18.3. The summed E-state index contributed by atoms with van der Waals surface area (Å²) in [5, 5.41) is 13.7. The van der Waals surface area contributed by atoms with Crippen molar-refractivity contribution in [3.8, 4) is 11.5 Å². The fourth-order valence-electron chi connectivity index (χ4n) is 4.21. The van der Waals surface area contributed by atoms with Crippen LogP contribution in [0.15, 0.2) is 39.1 Å². The normalized spacial score (nSPS) is 18.6. The van der Waals surface area contributed by atoms with Crippen molar-refractivity contribution in [2.45, 2.75) is 65.2 Å². The molecule has 0 amide bonds. The van der Waals surface area contributed by atoms with Crippen molar-refractivity contribution in [3.63, 3.8) is 0 Å². The number of ether oxygens (including phenoxy) is 2. The molecule has 0 fully saturated rings. The number of carbonyl (C=O) groups excluding carboxylic acids is 2. The topological polar surface area (TPSA) is 84.9 Å². The van der Waals surface area contributed by atoms with Crippen molar-refractivity contribution in [3.05, 3.63) is 44.7 Å². The van der Waals surface area contributed by atoms with E-state index in [1.807, 2.05) is 13.8 Å². The van der Waals surface area contributed by atoms with Crippen molar-refractivity contribution in [2.24, 2.45) is 0 Å². The quantitative estimate of drug-likeness (QED) is 0.381. The maximum atomic E-state index is 13.2. The number of allylic oxidation sites excluding steroid dienone is 3. The third kappa shape index (κ3) is 4.97. The highest BCUT2D eigenvalue weighted by atomic mass is 79.9. The van der Waals surface area contributed by atoms with E-state index in [1.165, 1.54) is 0 Å². The van der Waals surface area contributed by atoms with E-state index in [4.69, 9.17) is 9.47 Å². The first kappa shape index (κ1) is 23.4. The number of halogens is 1. The van der Waals surface area contributed by atoms with Gasteiger partial charge in [-0.05, 0) is 66.7 Å². The minimum atomic E-state index is -0.571. The Morgan fingerprint density at radius 3 is 2.74 bits per heavy atom. The van der Waals surface area contributed by atoms with Gasteiger partial charge in [-0.25, -0.2) is 4.79 Å². The number of carbonyl (C=O) groups is 2. The molecule has 0 spiro atoms. The molecule has 168 valence electrons. The molecule has 1 aliphatic carbocycles. The van der Waals surface area contributed by atoms with Crippen molar-refractivity contribution < 1.29 is 24.2 Å². The minimum Gasteiger partial charge on any atom is -0.503 e. The summed E-state index contributed by atoms with van der Waals surface area (Å²) in [5.74, 6) is -0.654. The third-order valence-corrected chi connectivity index (χ3v) is 6.27. The number of aromatic hydroxyl groups is 1. The van der Waals surface area contributed by atoms with Gasteiger partial charge in [0.15, 0.2) is 17.3 Å². The van der Waals surface area contributed by atoms with E-state index in [9.17, 15) is 14.7 Å². The Bertz CT molecular complexity index is 934. The first-order valence-corrected chi connectivity index (χ1v) is 11.7. The van der Waals surface area contributed by atoms with Gasteiger partial charge in [-0.2, -0.15) is 0 Å². The number of esters is 1. The molecule has 1 aromatic carbocycles. The highest BCUT2D eigenvalue weighted by molar-refractivity contribution is 9.10. The van der Waals surface area contributed by atoms with Crippen LogP contribution in [-0.4, -0.2) is 30.1 Å². The number of nitrogens with one attached hydrogen (secondary N) is 1. The predicted molar refractivity (Wildman–Crippen MR) is 122 cm³/mol. The molecule has 0 bridgehead atoms. The Balaban J connectivity index is 2.08. The second-order valence-electron chi connectivity index (χ2n) is 7.89. The average Bonchev–Trinajstić information content (AvgIpc) is 2.73. The summed E-state index contributed by atoms with van der Waals surface area (Å²) in [7, 11) is 0. The van der Waals surface area contributed by atoms with Crippen molar-refractivity contribution in [1.82, 2.24) is 5.32 Å². The molecule has 0 saturated heterocycles. The Morgan fingerprint density at radius 1 is 1.26 bits per heavy atom. The molecule has 0 radical (unpaired) electrons.